The van der Waals surface area contributed by atoms with Gasteiger partial charge in [-0.1, -0.05) is 12.8 Å². The molecule has 1 nitrogen and oxygen atoms in total. The summed E-state index contributed by atoms with van der Waals surface area (Å²) >= 11 is 0. The van der Waals surface area contributed by atoms with E-state index in [4.69, 9.17) is 6.42 Å². The van der Waals surface area contributed by atoms with Crippen LogP contribution in [0.3, 0.4) is 0 Å². The Morgan fingerprint density at radius 3 is 2.73 bits per heavy atom. The lowest BCUT2D eigenvalue weighted by Gasteiger charge is -2.09. The first-order valence-corrected chi connectivity index (χ1v) is 4.60. The van der Waals surface area contributed by atoms with E-state index in [0.29, 0.717) is 0 Å². The molecule has 1 saturated carbocycles. The largest absolute Gasteiger partial charge is 0.314 e. The Hall–Kier alpha value is -0.480. The van der Waals surface area contributed by atoms with E-state index in [-0.39, 0.29) is 0 Å². The fourth-order valence-corrected chi connectivity index (χ4v) is 1.63. The van der Waals surface area contributed by atoms with Crippen LogP contribution in [0.15, 0.2) is 0 Å². The van der Waals surface area contributed by atoms with E-state index in [0.717, 1.165) is 25.4 Å². The molecule has 0 aromatic heterocycles. The summed E-state index contributed by atoms with van der Waals surface area (Å²) in [5.74, 6) is 2.65. The third-order valence-corrected chi connectivity index (χ3v) is 2.29. The first-order valence-electron chi connectivity index (χ1n) is 4.60. The van der Waals surface area contributed by atoms with Gasteiger partial charge in [0.05, 0.1) is 0 Å². The van der Waals surface area contributed by atoms with Crippen LogP contribution in [0.1, 0.15) is 38.5 Å². The molecule has 1 heteroatoms. The van der Waals surface area contributed by atoms with Gasteiger partial charge in [0.2, 0.25) is 0 Å². The lowest BCUT2D eigenvalue weighted by atomic mass is 10.2. The number of nitrogens with one attached hydrogen (secondary N) is 1. The normalized spacial score (nSPS) is 18.5. The molecule has 1 fully saturated rings. The van der Waals surface area contributed by atoms with Gasteiger partial charge in [-0.2, -0.15) is 0 Å². The lowest BCUT2D eigenvalue weighted by Crippen LogP contribution is -2.26. The summed E-state index contributed by atoms with van der Waals surface area (Å²) in [4.78, 5) is 0. The minimum Gasteiger partial charge on any atom is -0.314 e. The van der Waals surface area contributed by atoms with Gasteiger partial charge >= 0.3 is 0 Å². The maximum absolute atomic E-state index is 5.14. The predicted molar refractivity (Wildman–Crippen MR) is 48.3 cm³/mol. The van der Waals surface area contributed by atoms with Gasteiger partial charge in [-0.25, -0.2) is 0 Å². The summed E-state index contributed by atoms with van der Waals surface area (Å²) in [6.45, 7) is 1.11. The third kappa shape index (κ3) is 3.43. The van der Waals surface area contributed by atoms with Crippen molar-refractivity contribution in [2.24, 2.45) is 0 Å². The molecule has 0 aromatic carbocycles. The molecule has 1 aliphatic carbocycles. The van der Waals surface area contributed by atoms with Crippen LogP contribution in [-0.2, 0) is 0 Å². The van der Waals surface area contributed by atoms with Crippen LogP contribution in [0.4, 0.5) is 0 Å². The van der Waals surface area contributed by atoms with E-state index in [1.54, 1.807) is 0 Å². The summed E-state index contributed by atoms with van der Waals surface area (Å²) in [5.41, 5.74) is 0. The van der Waals surface area contributed by atoms with Crippen LogP contribution < -0.4 is 5.32 Å². The van der Waals surface area contributed by atoms with Crippen molar-refractivity contribution in [2.45, 2.75) is 44.6 Å². The molecule has 0 saturated heterocycles. The van der Waals surface area contributed by atoms with Crippen molar-refractivity contribution in [3.8, 4) is 12.3 Å². The molecule has 0 heterocycles. The second-order valence-electron chi connectivity index (χ2n) is 3.24. The maximum atomic E-state index is 5.14. The Morgan fingerprint density at radius 2 is 2.09 bits per heavy atom. The Labute approximate surface area is 69.6 Å². The Balaban J connectivity index is 1.90. The van der Waals surface area contributed by atoms with Gasteiger partial charge < -0.3 is 5.32 Å². The van der Waals surface area contributed by atoms with E-state index < -0.39 is 0 Å². The van der Waals surface area contributed by atoms with E-state index in [1.807, 2.05) is 0 Å². The van der Waals surface area contributed by atoms with Crippen LogP contribution in [0.5, 0.6) is 0 Å². The maximum Gasteiger partial charge on any atom is 0.00981 e. The monoisotopic (exact) mass is 151 g/mol. The van der Waals surface area contributed by atoms with Crippen LogP contribution in [0.25, 0.3) is 0 Å². The molecular weight excluding hydrogens is 134 g/mol. The van der Waals surface area contributed by atoms with E-state index in [1.165, 1.54) is 25.7 Å². The van der Waals surface area contributed by atoms with Gasteiger partial charge in [0.1, 0.15) is 0 Å². The fourth-order valence-electron chi connectivity index (χ4n) is 1.63. The summed E-state index contributed by atoms with van der Waals surface area (Å²) in [7, 11) is 0. The Bertz CT molecular complexity index is 128. The summed E-state index contributed by atoms with van der Waals surface area (Å²) < 4.78 is 0. The number of hydrogen-bond donors (Lipinski definition) is 1. The third-order valence-electron chi connectivity index (χ3n) is 2.29. The second-order valence-corrected chi connectivity index (χ2v) is 3.24. The molecule has 0 bridgehead atoms. The molecule has 11 heavy (non-hydrogen) atoms. The molecule has 0 aromatic rings. The quantitative estimate of drug-likeness (QED) is 0.478. The van der Waals surface area contributed by atoms with E-state index in [2.05, 4.69) is 11.2 Å². The zero-order valence-electron chi connectivity index (χ0n) is 7.10. The summed E-state index contributed by atoms with van der Waals surface area (Å²) in [6, 6.07) is 0.799. The zero-order valence-corrected chi connectivity index (χ0v) is 7.10. The highest BCUT2D eigenvalue weighted by atomic mass is 14.9. The number of terminal acetylenes is 1. The molecule has 0 aliphatic heterocycles. The minimum absolute atomic E-state index is 0.799. The molecule has 1 aliphatic rings. The Kier molecular flexibility index (Phi) is 4.08. The van der Waals surface area contributed by atoms with Gasteiger partial charge in [0.15, 0.2) is 0 Å². The summed E-state index contributed by atoms with van der Waals surface area (Å²) in [5, 5.41) is 3.52. The highest BCUT2D eigenvalue weighted by Crippen LogP contribution is 2.17. The van der Waals surface area contributed by atoms with Crippen molar-refractivity contribution < 1.29 is 0 Å². The smallest absolute Gasteiger partial charge is 0.00981 e. The van der Waals surface area contributed by atoms with E-state index in [9.17, 15) is 0 Å². The molecule has 1 N–H and O–H groups in total. The molecule has 0 spiro atoms. The second kappa shape index (κ2) is 5.21. The average Bonchev–Trinajstić information content (AvgIpc) is 2.50. The predicted octanol–water partition coefficient (Wildman–Crippen LogP) is 1.93. The molecule has 1 rings (SSSR count). The van der Waals surface area contributed by atoms with Gasteiger partial charge in [-0.05, 0) is 25.8 Å². The van der Waals surface area contributed by atoms with Gasteiger partial charge in [-0.3, -0.25) is 0 Å². The van der Waals surface area contributed by atoms with Crippen LogP contribution in [-0.4, -0.2) is 12.6 Å². The van der Waals surface area contributed by atoms with Crippen molar-refractivity contribution in [3.05, 3.63) is 0 Å². The molecule has 0 atom stereocenters. The average molecular weight is 151 g/mol. The van der Waals surface area contributed by atoms with Gasteiger partial charge in [0, 0.05) is 12.5 Å². The SMILES string of the molecule is C#CCCCNC1CCCC1. The number of rotatable bonds is 4. The van der Waals surface area contributed by atoms with Crippen molar-refractivity contribution in [2.75, 3.05) is 6.54 Å². The summed E-state index contributed by atoms with van der Waals surface area (Å²) in [6.07, 6.45) is 12.8. The molecule has 62 valence electrons. The van der Waals surface area contributed by atoms with Crippen LogP contribution >= 0.6 is 0 Å². The number of hydrogen-bond acceptors (Lipinski definition) is 1. The first kappa shape index (κ1) is 8.62. The standard InChI is InChI=1S/C10H17N/c1-2-3-6-9-11-10-7-4-5-8-10/h1,10-11H,3-9H2. The Morgan fingerprint density at radius 1 is 1.36 bits per heavy atom. The fraction of sp³-hybridized carbons (Fsp3) is 0.800. The van der Waals surface area contributed by atoms with Gasteiger partial charge in [0.25, 0.3) is 0 Å². The zero-order chi connectivity index (χ0) is 7.94. The van der Waals surface area contributed by atoms with Crippen LogP contribution in [0.2, 0.25) is 0 Å². The van der Waals surface area contributed by atoms with Crippen molar-refractivity contribution in [1.82, 2.24) is 5.32 Å². The minimum atomic E-state index is 0.799. The van der Waals surface area contributed by atoms with Crippen LogP contribution in [0, 0.1) is 12.3 Å². The number of unbranched alkanes of at least 4 members (excludes halogenated alkanes) is 1. The van der Waals surface area contributed by atoms with Gasteiger partial charge in [-0.15, -0.1) is 12.3 Å². The highest BCUT2D eigenvalue weighted by molar-refractivity contribution is 4.83. The van der Waals surface area contributed by atoms with Crippen molar-refractivity contribution in [1.29, 1.82) is 0 Å². The highest BCUT2D eigenvalue weighted by Gasteiger charge is 2.12. The molecule has 0 amide bonds. The van der Waals surface area contributed by atoms with E-state index >= 15 is 0 Å². The molecular formula is C10H17N. The molecule has 0 unspecified atom stereocenters. The first-order chi connectivity index (χ1) is 5.43. The molecule has 0 radical (unpaired) electrons. The van der Waals surface area contributed by atoms with Crippen molar-refractivity contribution in [3.63, 3.8) is 0 Å². The van der Waals surface area contributed by atoms with Crippen molar-refractivity contribution >= 4 is 0 Å². The lowest BCUT2D eigenvalue weighted by molar-refractivity contribution is 0.518. The topological polar surface area (TPSA) is 12.0 Å².